The fourth-order valence-electron chi connectivity index (χ4n) is 1.63. The summed E-state index contributed by atoms with van der Waals surface area (Å²) in [6.45, 7) is 4.05. The first-order valence-corrected chi connectivity index (χ1v) is 6.89. The highest BCUT2D eigenvalue weighted by Gasteiger charge is 2.09. The van der Waals surface area contributed by atoms with E-state index in [4.69, 9.17) is 4.74 Å². The zero-order valence-electron chi connectivity index (χ0n) is 10.8. The Labute approximate surface area is 126 Å². The van der Waals surface area contributed by atoms with Gasteiger partial charge in [0.05, 0.1) is 5.56 Å². The smallest absolute Gasteiger partial charge is 0.256 e. The van der Waals surface area contributed by atoms with Crippen molar-refractivity contribution in [3.63, 3.8) is 0 Å². The molecule has 20 heavy (non-hydrogen) atoms. The van der Waals surface area contributed by atoms with Crippen LogP contribution in [0, 0.1) is 0 Å². The summed E-state index contributed by atoms with van der Waals surface area (Å²) in [5.41, 5.74) is 1.32. The van der Waals surface area contributed by atoms with Crippen molar-refractivity contribution in [3.8, 4) is 5.75 Å². The van der Waals surface area contributed by atoms with E-state index in [1.54, 1.807) is 36.4 Å². The van der Waals surface area contributed by atoms with Crippen LogP contribution in [0.3, 0.4) is 0 Å². The Bertz CT molecular complexity index is 608. The normalized spacial score (nSPS) is 9.85. The van der Waals surface area contributed by atoms with Gasteiger partial charge in [-0.3, -0.25) is 4.79 Å². The van der Waals surface area contributed by atoms with Crippen molar-refractivity contribution in [2.75, 3.05) is 11.9 Å². The van der Waals surface area contributed by atoms with Crippen LogP contribution < -0.4 is 10.1 Å². The SMILES string of the molecule is C=CCOc1ccc(NC(=O)c2ccccc2Br)cc1. The molecule has 0 saturated carbocycles. The first-order chi connectivity index (χ1) is 9.70. The molecule has 3 nitrogen and oxygen atoms in total. The van der Waals surface area contributed by atoms with Crippen LogP contribution in [0.1, 0.15) is 10.4 Å². The van der Waals surface area contributed by atoms with E-state index in [1.807, 2.05) is 18.2 Å². The van der Waals surface area contributed by atoms with Gasteiger partial charge >= 0.3 is 0 Å². The third-order valence-electron chi connectivity index (χ3n) is 2.60. The fraction of sp³-hybridized carbons (Fsp3) is 0.0625. The molecule has 1 N–H and O–H groups in total. The first-order valence-electron chi connectivity index (χ1n) is 6.10. The molecule has 1 amide bonds. The van der Waals surface area contributed by atoms with Gasteiger partial charge in [-0.2, -0.15) is 0 Å². The molecular formula is C16H14BrNO2. The molecule has 0 aromatic heterocycles. The summed E-state index contributed by atoms with van der Waals surface area (Å²) in [6.07, 6.45) is 1.68. The number of anilines is 1. The summed E-state index contributed by atoms with van der Waals surface area (Å²) < 4.78 is 6.15. The van der Waals surface area contributed by atoms with Crippen LogP contribution in [0.5, 0.6) is 5.75 Å². The van der Waals surface area contributed by atoms with Crippen molar-refractivity contribution in [1.29, 1.82) is 0 Å². The van der Waals surface area contributed by atoms with Crippen molar-refractivity contribution in [2.45, 2.75) is 0 Å². The quantitative estimate of drug-likeness (QED) is 0.831. The van der Waals surface area contributed by atoms with Crippen LogP contribution in [0.25, 0.3) is 0 Å². The Morgan fingerprint density at radius 2 is 1.90 bits per heavy atom. The molecule has 0 aliphatic rings. The number of benzene rings is 2. The van der Waals surface area contributed by atoms with Crippen LogP contribution in [0.15, 0.2) is 65.7 Å². The number of ether oxygens (including phenoxy) is 1. The highest BCUT2D eigenvalue weighted by molar-refractivity contribution is 9.10. The second-order valence-corrected chi connectivity index (χ2v) is 4.91. The molecule has 0 aliphatic heterocycles. The minimum atomic E-state index is -0.155. The molecule has 0 spiro atoms. The van der Waals surface area contributed by atoms with Gasteiger partial charge < -0.3 is 10.1 Å². The summed E-state index contributed by atoms with van der Waals surface area (Å²) >= 11 is 3.36. The molecule has 0 fully saturated rings. The maximum atomic E-state index is 12.1. The summed E-state index contributed by atoms with van der Waals surface area (Å²) in [4.78, 5) is 12.1. The largest absolute Gasteiger partial charge is 0.490 e. The number of nitrogens with one attached hydrogen (secondary N) is 1. The van der Waals surface area contributed by atoms with Gasteiger partial charge in [0.15, 0.2) is 0 Å². The Morgan fingerprint density at radius 3 is 2.55 bits per heavy atom. The van der Waals surface area contributed by atoms with Crippen molar-refractivity contribution in [3.05, 3.63) is 71.2 Å². The lowest BCUT2D eigenvalue weighted by molar-refractivity contribution is 0.102. The summed E-state index contributed by atoms with van der Waals surface area (Å²) in [5, 5.41) is 2.84. The van der Waals surface area contributed by atoms with E-state index in [1.165, 1.54) is 0 Å². The predicted octanol–water partition coefficient (Wildman–Crippen LogP) is 4.27. The maximum absolute atomic E-state index is 12.1. The molecule has 4 heteroatoms. The molecular weight excluding hydrogens is 318 g/mol. The third-order valence-corrected chi connectivity index (χ3v) is 3.29. The maximum Gasteiger partial charge on any atom is 0.256 e. The molecule has 0 heterocycles. The predicted molar refractivity (Wildman–Crippen MR) is 84.2 cm³/mol. The van der Waals surface area contributed by atoms with E-state index >= 15 is 0 Å². The van der Waals surface area contributed by atoms with E-state index in [0.29, 0.717) is 12.2 Å². The first kappa shape index (κ1) is 14.3. The topological polar surface area (TPSA) is 38.3 Å². The van der Waals surface area contributed by atoms with Gasteiger partial charge in [0.25, 0.3) is 5.91 Å². The molecule has 2 aromatic carbocycles. The van der Waals surface area contributed by atoms with Crippen LogP contribution in [0.2, 0.25) is 0 Å². The third kappa shape index (κ3) is 3.71. The summed E-state index contributed by atoms with van der Waals surface area (Å²) in [5.74, 6) is 0.584. The monoisotopic (exact) mass is 331 g/mol. The average molecular weight is 332 g/mol. The van der Waals surface area contributed by atoms with Gasteiger partial charge in [-0.05, 0) is 52.3 Å². The fourth-order valence-corrected chi connectivity index (χ4v) is 2.10. The lowest BCUT2D eigenvalue weighted by Crippen LogP contribution is -2.12. The molecule has 0 bridgehead atoms. The number of hydrogen-bond acceptors (Lipinski definition) is 2. The average Bonchev–Trinajstić information content (AvgIpc) is 2.47. The zero-order chi connectivity index (χ0) is 14.4. The second kappa shape index (κ2) is 6.91. The highest BCUT2D eigenvalue weighted by atomic mass is 79.9. The van der Waals surface area contributed by atoms with Crippen molar-refractivity contribution in [2.24, 2.45) is 0 Å². The van der Waals surface area contributed by atoms with Gasteiger partial charge in [-0.25, -0.2) is 0 Å². The van der Waals surface area contributed by atoms with Gasteiger partial charge in [-0.1, -0.05) is 24.8 Å². The number of hydrogen-bond donors (Lipinski definition) is 1. The van der Waals surface area contributed by atoms with E-state index in [0.717, 1.165) is 15.9 Å². The van der Waals surface area contributed by atoms with E-state index in [-0.39, 0.29) is 5.91 Å². The van der Waals surface area contributed by atoms with Gasteiger partial charge in [0.1, 0.15) is 12.4 Å². The van der Waals surface area contributed by atoms with Crippen LogP contribution in [-0.2, 0) is 0 Å². The number of carbonyl (C=O) groups is 1. The summed E-state index contributed by atoms with van der Waals surface area (Å²) in [6, 6.07) is 14.5. The molecule has 2 aromatic rings. The number of halogens is 1. The van der Waals surface area contributed by atoms with Crippen LogP contribution in [0.4, 0.5) is 5.69 Å². The molecule has 0 aliphatic carbocycles. The van der Waals surface area contributed by atoms with Gasteiger partial charge in [0, 0.05) is 10.2 Å². The molecule has 0 atom stereocenters. The Balaban J connectivity index is 2.05. The molecule has 102 valence electrons. The molecule has 0 radical (unpaired) electrons. The van der Waals surface area contributed by atoms with Crippen LogP contribution >= 0.6 is 15.9 Å². The number of rotatable bonds is 5. The van der Waals surface area contributed by atoms with E-state index in [9.17, 15) is 4.79 Å². The second-order valence-electron chi connectivity index (χ2n) is 4.06. The minimum absolute atomic E-state index is 0.155. The lowest BCUT2D eigenvalue weighted by Gasteiger charge is -2.08. The van der Waals surface area contributed by atoms with Crippen molar-refractivity contribution < 1.29 is 9.53 Å². The van der Waals surface area contributed by atoms with Gasteiger partial charge in [0.2, 0.25) is 0 Å². The standard InChI is InChI=1S/C16H14BrNO2/c1-2-11-20-13-9-7-12(8-10-13)18-16(19)14-5-3-4-6-15(14)17/h2-10H,1,11H2,(H,18,19). The van der Waals surface area contributed by atoms with Crippen LogP contribution in [-0.4, -0.2) is 12.5 Å². The van der Waals surface area contributed by atoms with Gasteiger partial charge in [-0.15, -0.1) is 0 Å². The minimum Gasteiger partial charge on any atom is -0.490 e. The Morgan fingerprint density at radius 1 is 1.20 bits per heavy atom. The van der Waals surface area contributed by atoms with E-state index < -0.39 is 0 Å². The van der Waals surface area contributed by atoms with E-state index in [2.05, 4.69) is 27.8 Å². The highest BCUT2D eigenvalue weighted by Crippen LogP contribution is 2.19. The molecule has 0 unspecified atom stereocenters. The Kier molecular flexibility index (Phi) is 4.96. The molecule has 0 saturated heterocycles. The number of carbonyl (C=O) groups excluding carboxylic acids is 1. The zero-order valence-corrected chi connectivity index (χ0v) is 12.4. The lowest BCUT2D eigenvalue weighted by atomic mass is 10.2. The number of amides is 1. The van der Waals surface area contributed by atoms with Crippen molar-refractivity contribution >= 4 is 27.5 Å². The molecule has 2 rings (SSSR count). The summed E-state index contributed by atoms with van der Waals surface area (Å²) in [7, 11) is 0. The van der Waals surface area contributed by atoms with Crippen molar-refractivity contribution in [1.82, 2.24) is 0 Å². The Hall–Kier alpha value is -2.07.